The molecule has 0 aliphatic rings. The molecule has 1 atom stereocenters. The minimum atomic E-state index is -4.77. The minimum Gasteiger partial charge on any atom is -0.426 e. The second-order valence-corrected chi connectivity index (χ2v) is 5.21. The number of aromatic nitrogens is 2. The molecule has 0 spiro atoms. The van der Waals surface area contributed by atoms with Gasteiger partial charge >= 0.3 is 18.6 Å². The van der Waals surface area contributed by atoms with Crippen LogP contribution in [0.5, 0.6) is 11.5 Å². The molecule has 0 saturated carbocycles. The molecule has 0 bridgehead atoms. The zero-order valence-corrected chi connectivity index (χ0v) is 13.7. The zero-order chi connectivity index (χ0) is 19.5. The van der Waals surface area contributed by atoms with Crippen molar-refractivity contribution in [3.05, 3.63) is 36.2 Å². The highest BCUT2D eigenvalue weighted by Crippen LogP contribution is 2.33. The van der Waals surface area contributed by atoms with E-state index in [0.717, 1.165) is 23.0 Å². The third kappa shape index (κ3) is 4.75. The molecule has 0 aliphatic heterocycles. The Morgan fingerprint density at radius 2 is 1.92 bits per heavy atom. The maximum absolute atomic E-state index is 13.2. The largest absolute Gasteiger partial charge is 0.461 e. The number of aryl methyl sites for hydroxylation is 1. The van der Waals surface area contributed by atoms with Crippen LogP contribution in [0.3, 0.4) is 0 Å². The van der Waals surface area contributed by atoms with E-state index in [-0.39, 0.29) is 17.1 Å². The lowest BCUT2D eigenvalue weighted by atomic mass is 10.3. The van der Waals surface area contributed by atoms with Gasteiger partial charge in [0.2, 0.25) is 5.63 Å². The number of ether oxygens (including phenoxy) is 2. The monoisotopic (exact) mass is 399 g/mol. The van der Waals surface area contributed by atoms with Crippen molar-refractivity contribution in [2.75, 3.05) is 5.32 Å². The van der Waals surface area contributed by atoms with Gasteiger partial charge in [-0.2, -0.15) is 22.7 Å². The van der Waals surface area contributed by atoms with Gasteiger partial charge in [0, 0.05) is 7.05 Å². The lowest BCUT2D eigenvalue weighted by Crippen LogP contribution is -2.33. The van der Waals surface area contributed by atoms with Crippen molar-refractivity contribution in [1.29, 1.82) is 0 Å². The first-order valence-corrected chi connectivity index (χ1v) is 7.28. The number of rotatable bonds is 6. The van der Waals surface area contributed by atoms with Gasteiger partial charge in [0.25, 0.3) is 0 Å². The first-order chi connectivity index (χ1) is 12.1. The number of hydrogen-bond donors (Lipinski definition) is 1. The topological polar surface area (TPSA) is 65.4 Å². The molecule has 1 N–H and O–H groups in total. The standard InChI is InChI=1S/C14H11ClF5N3O3/c1-23-6-9(10(22-23)11(15)16)25-13(24)21-7-4-2-3-5-8(7)26-14(19,20)12(17)18/h2-6,11-12H,1H3,(H,21,24). The van der Waals surface area contributed by atoms with E-state index in [4.69, 9.17) is 16.3 Å². The van der Waals surface area contributed by atoms with Crippen molar-refractivity contribution in [3.8, 4) is 11.5 Å². The number of benzene rings is 1. The maximum atomic E-state index is 13.2. The Morgan fingerprint density at radius 1 is 1.27 bits per heavy atom. The highest BCUT2D eigenvalue weighted by Gasteiger charge is 2.44. The third-order valence-electron chi connectivity index (χ3n) is 2.86. The molecule has 1 unspecified atom stereocenters. The van der Waals surface area contributed by atoms with Gasteiger partial charge in [-0.15, -0.1) is 0 Å². The van der Waals surface area contributed by atoms with Gasteiger partial charge in [-0.25, -0.2) is 9.18 Å². The Labute approximate surface area is 148 Å². The van der Waals surface area contributed by atoms with Crippen LogP contribution in [0.25, 0.3) is 0 Å². The van der Waals surface area contributed by atoms with Gasteiger partial charge < -0.3 is 9.47 Å². The van der Waals surface area contributed by atoms with Crippen LogP contribution in [0.1, 0.15) is 11.3 Å². The molecular weight excluding hydrogens is 389 g/mol. The minimum absolute atomic E-state index is 0.316. The molecule has 1 amide bonds. The fourth-order valence-electron chi connectivity index (χ4n) is 1.80. The number of halogens is 6. The van der Waals surface area contributed by atoms with E-state index in [1.54, 1.807) is 0 Å². The molecule has 2 rings (SSSR count). The second kappa shape index (κ2) is 7.77. The SMILES string of the molecule is Cn1cc(OC(=O)Nc2ccccc2OC(F)(F)C(F)F)c(C(F)Cl)n1. The summed E-state index contributed by atoms with van der Waals surface area (Å²) in [4.78, 5) is 11.9. The number of anilines is 1. The molecule has 0 radical (unpaired) electrons. The molecule has 12 heteroatoms. The van der Waals surface area contributed by atoms with Gasteiger partial charge in [-0.1, -0.05) is 23.7 Å². The van der Waals surface area contributed by atoms with E-state index in [1.165, 1.54) is 19.2 Å². The molecular formula is C14H11ClF5N3O3. The van der Waals surface area contributed by atoms with Crippen LogP contribution in [0.15, 0.2) is 30.5 Å². The molecule has 2 aromatic rings. The van der Waals surface area contributed by atoms with Crippen molar-refractivity contribution >= 4 is 23.4 Å². The summed E-state index contributed by atoms with van der Waals surface area (Å²) in [5.41, 5.74) is -2.80. The van der Waals surface area contributed by atoms with Gasteiger partial charge in [-0.3, -0.25) is 10.00 Å². The first-order valence-electron chi connectivity index (χ1n) is 6.84. The summed E-state index contributed by atoms with van der Waals surface area (Å²) in [5.74, 6) is -1.04. The highest BCUT2D eigenvalue weighted by atomic mass is 35.5. The van der Waals surface area contributed by atoms with E-state index >= 15 is 0 Å². The van der Waals surface area contributed by atoms with E-state index < -0.39 is 30.0 Å². The highest BCUT2D eigenvalue weighted by molar-refractivity contribution is 6.19. The van der Waals surface area contributed by atoms with Crippen molar-refractivity contribution < 1.29 is 36.2 Å². The average Bonchev–Trinajstić information content (AvgIpc) is 2.89. The Balaban J connectivity index is 2.15. The Bertz CT molecular complexity index is 785. The molecule has 0 saturated heterocycles. The summed E-state index contributed by atoms with van der Waals surface area (Å²) in [6.45, 7) is 0. The predicted octanol–water partition coefficient (Wildman–Crippen LogP) is 4.47. The summed E-state index contributed by atoms with van der Waals surface area (Å²) >= 11 is 5.26. The number of nitrogens with zero attached hydrogens (tertiary/aromatic N) is 2. The fourth-order valence-corrected chi connectivity index (χ4v) is 1.95. The number of hydrogen-bond acceptors (Lipinski definition) is 4. The van der Waals surface area contributed by atoms with Gasteiger partial charge in [0.15, 0.2) is 11.4 Å². The number of alkyl halides is 6. The fraction of sp³-hybridized carbons (Fsp3) is 0.286. The molecule has 0 aliphatic carbocycles. The van der Waals surface area contributed by atoms with Crippen molar-refractivity contribution in [1.82, 2.24) is 9.78 Å². The van der Waals surface area contributed by atoms with Crippen LogP contribution in [-0.4, -0.2) is 28.4 Å². The van der Waals surface area contributed by atoms with E-state index in [2.05, 4.69) is 9.84 Å². The number of nitrogens with one attached hydrogen (secondary N) is 1. The van der Waals surface area contributed by atoms with Gasteiger partial charge in [0.05, 0.1) is 11.9 Å². The van der Waals surface area contributed by atoms with E-state index in [1.807, 2.05) is 5.32 Å². The summed E-state index contributed by atoms with van der Waals surface area (Å²) in [6, 6.07) is 4.61. The molecule has 0 fully saturated rings. The summed E-state index contributed by atoms with van der Waals surface area (Å²) in [7, 11) is 1.42. The number of carbonyl (C=O) groups excluding carboxylic acids is 1. The molecule has 1 aromatic carbocycles. The van der Waals surface area contributed by atoms with Gasteiger partial charge in [-0.05, 0) is 12.1 Å². The summed E-state index contributed by atoms with van der Waals surface area (Å²) in [5, 5.41) is 5.68. The van der Waals surface area contributed by atoms with Crippen molar-refractivity contribution in [3.63, 3.8) is 0 Å². The van der Waals surface area contributed by atoms with Gasteiger partial charge in [0.1, 0.15) is 5.75 Å². The summed E-state index contributed by atoms with van der Waals surface area (Å²) in [6.07, 6.45) is -8.92. The maximum Gasteiger partial charge on any atom is 0.461 e. The molecule has 1 heterocycles. The van der Waals surface area contributed by atoms with E-state index in [0.29, 0.717) is 0 Å². The lowest BCUT2D eigenvalue weighted by Gasteiger charge is -2.19. The first kappa shape index (κ1) is 19.8. The van der Waals surface area contributed by atoms with Crippen molar-refractivity contribution in [2.45, 2.75) is 18.2 Å². The molecule has 6 nitrogen and oxygen atoms in total. The Hall–Kier alpha value is -2.56. The number of carbonyl (C=O) groups is 1. The van der Waals surface area contributed by atoms with Crippen LogP contribution in [-0.2, 0) is 7.05 Å². The van der Waals surface area contributed by atoms with Crippen LogP contribution in [0, 0.1) is 0 Å². The molecule has 1 aromatic heterocycles. The number of amides is 1. The molecule has 142 valence electrons. The Kier molecular flexibility index (Phi) is 5.90. The van der Waals surface area contributed by atoms with E-state index in [9.17, 15) is 26.7 Å². The quantitative estimate of drug-likeness (QED) is 0.575. The van der Waals surface area contributed by atoms with Crippen LogP contribution < -0.4 is 14.8 Å². The predicted molar refractivity (Wildman–Crippen MR) is 80.6 cm³/mol. The smallest absolute Gasteiger partial charge is 0.426 e. The third-order valence-corrected chi connectivity index (χ3v) is 3.06. The second-order valence-electron chi connectivity index (χ2n) is 4.83. The average molecular weight is 400 g/mol. The summed E-state index contributed by atoms with van der Waals surface area (Å²) < 4.78 is 73.8. The normalized spacial score (nSPS) is 12.8. The number of para-hydroxylation sites is 2. The lowest BCUT2D eigenvalue weighted by molar-refractivity contribution is -0.252. The van der Waals surface area contributed by atoms with Crippen LogP contribution in [0.2, 0.25) is 0 Å². The Morgan fingerprint density at radius 3 is 2.54 bits per heavy atom. The zero-order valence-electron chi connectivity index (χ0n) is 12.9. The molecule has 26 heavy (non-hydrogen) atoms. The van der Waals surface area contributed by atoms with Crippen LogP contribution >= 0.6 is 11.6 Å². The van der Waals surface area contributed by atoms with Crippen molar-refractivity contribution in [2.24, 2.45) is 7.05 Å². The van der Waals surface area contributed by atoms with Crippen LogP contribution in [0.4, 0.5) is 32.4 Å².